The van der Waals surface area contributed by atoms with Crippen LogP contribution >= 0.6 is 0 Å². The summed E-state index contributed by atoms with van der Waals surface area (Å²) in [6, 6.07) is 67.3. The number of benzene rings is 6. The van der Waals surface area contributed by atoms with Crippen molar-refractivity contribution in [3.63, 3.8) is 0 Å². The summed E-state index contributed by atoms with van der Waals surface area (Å²) in [5, 5.41) is 7.72. The van der Waals surface area contributed by atoms with Crippen LogP contribution < -0.4 is 0 Å². The van der Waals surface area contributed by atoms with Crippen LogP contribution in [0.25, 0.3) is 127 Å². The third-order valence-electron chi connectivity index (χ3n) is 12.5. The van der Waals surface area contributed by atoms with Crippen molar-refractivity contribution < 1.29 is 0 Å². The zero-order valence-corrected chi connectivity index (χ0v) is 34.8. The smallest absolute Gasteiger partial charge is 0.137 e. The largest absolute Gasteiger partial charge is 0.293 e. The van der Waals surface area contributed by atoms with Crippen molar-refractivity contribution >= 4 is 65.3 Å². The highest BCUT2D eigenvalue weighted by Gasteiger charge is 2.20. The summed E-state index contributed by atoms with van der Waals surface area (Å²) in [6.07, 6.45) is 5.79. The molecule has 65 heavy (non-hydrogen) atoms. The Morgan fingerprint density at radius 3 is 1.32 bits per heavy atom. The van der Waals surface area contributed by atoms with E-state index in [-0.39, 0.29) is 0 Å². The molecule has 0 atom stereocenters. The molecule has 0 saturated heterocycles. The standard InChI is InChI=1S/C58H35N7/c1-6-14-49-36(9-1)17-25-52(62-49)40-20-24-48(59-33-40)39-22-29-56-46(31-39)47-32-45(55-28-21-41(34-60-55)53-26-18-37-10-2-7-15-50(37)63-53)43-12-4-5-13-44(43)58(47)65(56)57-30-23-42(35-61-57)54-27-19-38-11-3-8-16-51(38)64-54/h1-35H. The molecule has 7 heteroatoms. The SMILES string of the molecule is c1ccc2nc(-c3ccc(-c4ccc5c(c4)c4cc(-c6ccc(-c7ccc8ccccc8n7)cn6)c6ccccc6c4n5-c4ccc(-c5ccc6ccccc6n5)cn4)nc3)ccc2c1. The van der Waals surface area contributed by atoms with E-state index in [2.05, 4.69) is 144 Å². The zero-order valence-electron chi connectivity index (χ0n) is 34.8. The molecule has 0 unspecified atom stereocenters. The lowest BCUT2D eigenvalue weighted by molar-refractivity contribution is 1.08. The summed E-state index contributed by atoms with van der Waals surface area (Å²) in [4.78, 5) is 30.1. The molecule has 0 aliphatic carbocycles. The molecule has 0 aliphatic heterocycles. The van der Waals surface area contributed by atoms with Gasteiger partial charge in [0.05, 0.1) is 56.1 Å². The van der Waals surface area contributed by atoms with Gasteiger partial charge in [0.25, 0.3) is 0 Å². The third kappa shape index (κ3) is 6.28. The maximum absolute atomic E-state index is 5.15. The Hall–Kier alpha value is -8.94. The Morgan fingerprint density at radius 1 is 0.308 bits per heavy atom. The molecule has 6 aromatic carbocycles. The second-order valence-electron chi connectivity index (χ2n) is 16.4. The summed E-state index contributed by atoms with van der Waals surface area (Å²) in [7, 11) is 0. The van der Waals surface area contributed by atoms with Crippen LogP contribution in [-0.4, -0.2) is 34.5 Å². The first kappa shape index (κ1) is 36.7. The molecule has 7 heterocycles. The number of hydrogen-bond donors (Lipinski definition) is 0. The van der Waals surface area contributed by atoms with Gasteiger partial charge in [-0.05, 0) is 96.4 Å². The summed E-state index contributed by atoms with van der Waals surface area (Å²) < 4.78 is 2.29. The van der Waals surface area contributed by atoms with Crippen molar-refractivity contribution in [2.24, 2.45) is 0 Å². The number of pyridine rings is 6. The maximum atomic E-state index is 5.15. The van der Waals surface area contributed by atoms with E-state index in [1.54, 1.807) is 0 Å². The minimum absolute atomic E-state index is 0.816. The Balaban J connectivity index is 0.965. The molecule has 0 fully saturated rings. The van der Waals surface area contributed by atoms with Crippen LogP contribution in [0.3, 0.4) is 0 Å². The molecular formula is C58H35N7. The molecule has 0 radical (unpaired) electrons. The van der Waals surface area contributed by atoms with Crippen LogP contribution in [-0.2, 0) is 0 Å². The van der Waals surface area contributed by atoms with E-state index in [9.17, 15) is 0 Å². The summed E-state index contributed by atoms with van der Waals surface area (Å²) >= 11 is 0. The van der Waals surface area contributed by atoms with Gasteiger partial charge in [0, 0.05) is 78.7 Å². The topological polar surface area (TPSA) is 82.3 Å². The molecule has 7 nitrogen and oxygen atoms in total. The van der Waals surface area contributed by atoms with E-state index in [0.717, 1.165) is 127 Å². The fourth-order valence-corrected chi connectivity index (χ4v) is 9.25. The first-order valence-corrected chi connectivity index (χ1v) is 21.7. The van der Waals surface area contributed by atoms with Gasteiger partial charge in [0.1, 0.15) is 5.82 Å². The molecule has 0 N–H and O–H groups in total. The number of rotatable bonds is 6. The number of hydrogen-bond acceptors (Lipinski definition) is 6. The summed E-state index contributed by atoms with van der Waals surface area (Å²) in [6.45, 7) is 0. The van der Waals surface area contributed by atoms with Crippen LogP contribution in [0.1, 0.15) is 0 Å². The molecule has 0 amide bonds. The van der Waals surface area contributed by atoms with Gasteiger partial charge in [-0.3, -0.25) is 14.5 Å². The van der Waals surface area contributed by atoms with Crippen molar-refractivity contribution in [2.45, 2.75) is 0 Å². The average Bonchev–Trinajstić information content (AvgIpc) is 3.72. The second-order valence-corrected chi connectivity index (χ2v) is 16.4. The highest BCUT2D eigenvalue weighted by atomic mass is 15.1. The summed E-state index contributed by atoms with van der Waals surface area (Å²) in [5.41, 5.74) is 14.4. The molecule has 0 spiro atoms. The van der Waals surface area contributed by atoms with Gasteiger partial charge >= 0.3 is 0 Å². The van der Waals surface area contributed by atoms with Crippen LogP contribution in [0.2, 0.25) is 0 Å². The number of para-hydroxylation sites is 3. The molecule has 302 valence electrons. The van der Waals surface area contributed by atoms with Crippen molar-refractivity contribution in [1.82, 2.24) is 34.5 Å². The molecule has 13 aromatic rings. The molecule has 0 aliphatic rings. The van der Waals surface area contributed by atoms with Gasteiger partial charge < -0.3 is 0 Å². The van der Waals surface area contributed by atoms with Crippen molar-refractivity contribution in [2.75, 3.05) is 0 Å². The number of aromatic nitrogens is 7. The predicted molar refractivity (Wildman–Crippen MR) is 265 cm³/mol. The van der Waals surface area contributed by atoms with Gasteiger partial charge in [-0.2, -0.15) is 0 Å². The maximum Gasteiger partial charge on any atom is 0.137 e. The van der Waals surface area contributed by atoms with Crippen molar-refractivity contribution in [3.8, 4) is 62.1 Å². The van der Waals surface area contributed by atoms with Crippen LogP contribution in [0.5, 0.6) is 0 Å². The zero-order chi connectivity index (χ0) is 42.8. The Morgan fingerprint density at radius 2 is 0.785 bits per heavy atom. The van der Waals surface area contributed by atoms with Gasteiger partial charge in [-0.25, -0.2) is 19.9 Å². The van der Waals surface area contributed by atoms with E-state index in [4.69, 9.17) is 29.9 Å². The van der Waals surface area contributed by atoms with E-state index in [1.165, 1.54) is 0 Å². The lowest BCUT2D eigenvalue weighted by Gasteiger charge is -2.13. The fraction of sp³-hybridized carbons (Fsp3) is 0. The molecule has 13 rings (SSSR count). The number of nitrogens with zero attached hydrogens (tertiary/aromatic N) is 7. The Labute approximate surface area is 373 Å². The highest BCUT2D eigenvalue weighted by molar-refractivity contribution is 6.22. The van der Waals surface area contributed by atoms with Gasteiger partial charge in [-0.1, -0.05) is 103 Å². The van der Waals surface area contributed by atoms with Crippen LogP contribution in [0.4, 0.5) is 0 Å². The van der Waals surface area contributed by atoms with Crippen molar-refractivity contribution in [3.05, 3.63) is 213 Å². The molecule has 7 aromatic heterocycles. The van der Waals surface area contributed by atoms with E-state index in [1.807, 2.05) is 73.2 Å². The third-order valence-corrected chi connectivity index (χ3v) is 12.5. The predicted octanol–water partition coefficient (Wildman–Crippen LogP) is 14.1. The summed E-state index contributed by atoms with van der Waals surface area (Å²) in [5.74, 6) is 0.816. The minimum atomic E-state index is 0.816. The number of fused-ring (bicyclic) bond motifs is 8. The minimum Gasteiger partial charge on any atom is -0.293 e. The van der Waals surface area contributed by atoms with E-state index >= 15 is 0 Å². The quantitative estimate of drug-likeness (QED) is 0.166. The lowest BCUT2D eigenvalue weighted by atomic mass is 9.97. The normalized spacial score (nSPS) is 11.7. The van der Waals surface area contributed by atoms with Crippen LogP contribution in [0, 0.1) is 0 Å². The molecule has 0 saturated carbocycles. The van der Waals surface area contributed by atoms with Gasteiger partial charge in [0.15, 0.2) is 0 Å². The van der Waals surface area contributed by atoms with E-state index < -0.39 is 0 Å². The molecular weight excluding hydrogens is 795 g/mol. The Kier molecular flexibility index (Phi) is 8.39. The first-order chi connectivity index (χ1) is 32.2. The average molecular weight is 830 g/mol. The molecule has 0 bridgehead atoms. The monoisotopic (exact) mass is 829 g/mol. The lowest BCUT2D eigenvalue weighted by Crippen LogP contribution is -1.98. The van der Waals surface area contributed by atoms with Crippen molar-refractivity contribution in [1.29, 1.82) is 0 Å². The fourth-order valence-electron chi connectivity index (χ4n) is 9.25. The Bertz CT molecular complexity index is 3990. The van der Waals surface area contributed by atoms with Gasteiger partial charge in [0.2, 0.25) is 0 Å². The van der Waals surface area contributed by atoms with Crippen LogP contribution in [0.15, 0.2) is 213 Å². The highest BCUT2D eigenvalue weighted by Crippen LogP contribution is 2.42. The first-order valence-electron chi connectivity index (χ1n) is 21.7. The van der Waals surface area contributed by atoms with Gasteiger partial charge in [-0.15, -0.1) is 0 Å². The second kappa shape index (κ2) is 14.9. The van der Waals surface area contributed by atoms with E-state index in [0.29, 0.717) is 0 Å².